The zero-order chi connectivity index (χ0) is 13.2. The molecular weight excluding hydrogens is 270 g/mol. The maximum absolute atomic E-state index is 12.2. The van der Waals surface area contributed by atoms with Gasteiger partial charge in [0.05, 0.1) is 4.90 Å². The molecule has 1 aromatic rings. The number of nitrogens with one attached hydrogen (secondary N) is 1. The van der Waals surface area contributed by atoms with Gasteiger partial charge >= 0.3 is 0 Å². The number of hydrogen-bond donors (Lipinski definition) is 1. The first-order valence-electron chi connectivity index (χ1n) is 6.20. The van der Waals surface area contributed by atoms with Crippen molar-refractivity contribution in [3.8, 4) is 0 Å². The van der Waals surface area contributed by atoms with Crippen molar-refractivity contribution in [3.05, 3.63) is 29.8 Å². The largest absolute Gasteiger partial charge is 0.240 e. The van der Waals surface area contributed by atoms with Gasteiger partial charge in [-0.25, -0.2) is 13.1 Å². The molecule has 100 valence electrons. The van der Waals surface area contributed by atoms with Crippen molar-refractivity contribution < 1.29 is 8.42 Å². The smallest absolute Gasteiger partial charge is 0.208 e. The number of hydrogen-bond acceptors (Lipinski definition) is 2. The average molecular weight is 288 g/mol. The SMILES string of the molecule is CC(NS(=O)(=O)c1cccc(CCl)c1)C1CCC1. The van der Waals surface area contributed by atoms with E-state index in [1.807, 2.05) is 13.0 Å². The molecule has 1 atom stereocenters. The molecule has 0 heterocycles. The minimum Gasteiger partial charge on any atom is -0.208 e. The number of sulfonamides is 1. The molecule has 0 aromatic heterocycles. The quantitative estimate of drug-likeness (QED) is 0.847. The lowest BCUT2D eigenvalue weighted by molar-refractivity contribution is 0.260. The Morgan fingerprint density at radius 1 is 1.44 bits per heavy atom. The maximum atomic E-state index is 12.2. The van der Waals surface area contributed by atoms with Crippen molar-refractivity contribution in [2.24, 2.45) is 5.92 Å². The Morgan fingerprint density at radius 3 is 2.72 bits per heavy atom. The van der Waals surface area contributed by atoms with Gasteiger partial charge in [-0.3, -0.25) is 0 Å². The molecule has 1 saturated carbocycles. The molecule has 1 aromatic carbocycles. The van der Waals surface area contributed by atoms with Crippen LogP contribution >= 0.6 is 11.6 Å². The van der Waals surface area contributed by atoms with Crippen molar-refractivity contribution in [2.45, 2.75) is 43.0 Å². The summed E-state index contributed by atoms with van der Waals surface area (Å²) in [4.78, 5) is 0.298. The van der Waals surface area contributed by atoms with Crippen LogP contribution in [-0.2, 0) is 15.9 Å². The fourth-order valence-electron chi connectivity index (χ4n) is 2.14. The Labute approximate surface area is 114 Å². The van der Waals surface area contributed by atoms with Gasteiger partial charge in [0.1, 0.15) is 0 Å². The van der Waals surface area contributed by atoms with Crippen LogP contribution in [0.15, 0.2) is 29.2 Å². The second kappa shape index (κ2) is 5.59. The maximum Gasteiger partial charge on any atom is 0.240 e. The van der Waals surface area contributed by atoms with E-state index < -0.39 is 10.0 Å². The third-order valence-corrected chi connectivity index (χ3v) is 5.43. The van der Waals surface area contributed by atoms with Crippen LogP contribution in [0.1, 0.15) is 31.7 Å². The van der Waals surface area contributed by atoms with E-state index in [-0.39, 0.29) is 6.04 Å². The summed E-state index contributed by atoms with van der Waals surface area (Å²) in [7, 11) is -3.42. The fourth-order valence-corrected chi connectivity index (χ4v) is 3.69. The molecule has 18 heavy (non-hydrogen) atoms. The zero-order valence-electron chi connectivity index (χ0n) is 10.4. The van der Waals surface area contributed by atoms with Crippen LogP contribution in [-0.4, -0.2) is 14.5 Å². The van der Waals surface area contributed by atoms with Crippen LogP contribution in [0.4, 0.5) is 0 Å². The molecule has 1 fully saturated rings. The number of benzene rings is 1. The van der Waals surface area contributed by atoms with Crippen molar-refractivity contribution >= 4 is 21.6 Å². The lowest BCUT2D eigenvalue weighted by Crippen LogP contribution is -2.40. The van der Waals surface area contributed by atoms with Crippen LogP contribution in [0.5, 0.6) is 0 Å². The van der Waals surface area contributed by atoms with Gasteiger partial charge in [0.25, 0.3) is 0 Å². The highest BCUT2D eigenvalue weighted by atomic mass is 35.5. The third kappa shape index (κ3) is 3.05. The van der Waals surface area contributed by atoms with Crippen LogP contribution in [0.25, 0.3) is 0 Å². The second-order valence-electron chi connectivity index (χ2n) is 4.88. The predicted octanol–water partition coefficient (Wildman–Crippen LogP) is 2.89. The Balaban J connectivity index is 2.13. The summed E-state index contributed by atoms with van der Waals surface area (Å²) in [5.41, 5.74) is 0.816. The normalized spacial score (nSPS) is 18.3. The number of alkyl halides is 1. The topological polar surface area (TPSA) is 46.2 Å². The molecule has 0 bridgehead atoms. The molecule has 1 aliphatic carbocycles. The van der Waals surface area contributed by atoms with Gasteiger partial charge in [0.2, 0.25) is 10.0 Å². The van der Waals surface area contributed by atoms with Gasteiger partial charge in [-0.1, -0.05) is 18.6 Å². The van der Waals surface area contributed by atoms with Gasteiger partial charge in [-0.2, -0.15) is 0 Å². The van der Waals surface area contributed by atoms with E-state index >= 15 is 0 Å². The van der Waals surface area contributed by atoms with Gasteiger partial charge in [0, 0.05) is 11.9 Å². The average Bonchev–Trinajstić information content (AvgIpc) is 2.26. The van der Waals surface area contributed by atoms with Crippen molar-refractivity contribution in [3.63, 3.8) is 0 Å². The standard InChI is InChI=1S/C13H18ClNO2S/c1-10(12-5-3-6-12)15-18(16,17)13-7-2-4-11(8-13)9-14/h2,4,7-8,10,12,15H,3,5-6,9H2,1H3. The molecule has 1 unspecified atom stereocenters. The third-order valence-electron chi connectivity index (χ3n) is 3.56. The van der Waals surface area contributed by atoms with Crippen LogP contribution in [0.3, 0.4) is 0 Å². The first-order chi connectivity index (χ1) is 8.53. The summed E-state index contributed by atoms with van der Waals surface area (Å²) < 4.78 is 27.2. The lowest BCUT2D eigenvalue weighted by atomic mass is 9.81. The Kier molecular flexibility index (Phi) is 4.30. The highest BCUT2D eigenvalue weighted by molar-refractivity contribution is 7.89. The zero-order valence-corrected chi connectivity index (χ0v) is 12.0. The van der Waals surface area contributed by atoms with Crippen LogP contribution in [0, 0.1) is 5.92 Å². The van der Waals surface area contributed by atoms with E-state index in [0.29, 0.717) is 16.7 Å². The summed E-state index contributed by atoms with van der Waals surface area (Å²) in [5.74, 6) is 0.803. The van der Waals surface area contributed by atoms with E-state index in [0.717, 1.165) is 18.4 Å². The number of halogens is 1. The molecule has 0 spiro atoms. The van der Waals surface area contributed by atoms with E-state index in [4.69, 9.17) is 11.6 Å². The monoisotopic (exact) mass is 287 g/mol. The van der Waals surface area contributed by atoms with Gasteiger partial charge in [-0.05, 0) is 43.4 Å². The summed E-state index contributed by atoms with van der Waals surface area (Å²) in [6, 6.07) is 6.78. The molecule has 2 rings (SSSR count). The van der Waals surface area contributed by atoms with Gasteiger partial charge in [0.15, 0.2) is 0 Å². The molecule has 3 nitrogen and oxygen atoms in total. The summed E-state index contributed by atoms with van der Waals surface area (Å²) in [5, 5.41) is 0. The van der Waals surface area contributed by atoms with Gasteiger partial charge < -0.3 is 0 Å². The van der Waals surface area contributed by atoms with E-state index in [2.05, 4.69) is 4.72 Å². The van der Waals surface area contributed by atoms with E-state index in [1.165, 1.54) is 6.42 Å². The molecule has 1 aliphatic rings. The van der Waals surface area contributed by atoms with Crippen LogP contribution in [0.2, 0.25) is 0 Å². The predicted molar refractivity (Wildman–Crippen MR) is 73.1 cm³/mol. The molecule has 5 heteroatoms. The Morgan fingerprint density at radius 2 is 2.17 bits per heavy atom. The summed E-state index contributed by atoms with van der Waals surface area (Å²) in [6.45, 7) is 1.94. The minimum absolute atomic E-state index is 0.00316. The van der Waals surface area contributed by atoms with Crippen molar-refractivity contribution in [2.75, 3.05) is 0 Å². The molecule has 0 saturated heterocycles. The van der Waals surface area contributed by atoms with Crippen LogP contribution < -0.4 is 4.72 Å². The summed E-state index contributed by atoms with van der Waals surface area (Å²) >= 11 is 5.72. The first-order valence-corrected chi connectivity index (χ1v) is 8.22. The minimum atomic E-state index is -3.42. The Bertz CT molecular complexity index is 511. The molecule has 0 radical (unpaired) electrons. The Hall–Kier alpha value is -0.580. The highest BCUT2D eigenvalue weighted by Crippen LogP contribution is 2.30. The van der Waals surface area contributed by atoms with E-state index in [1.54, 1.807) is 18.2 Å². The number of rotatable bonds is 5. The highest BCUT2D eigenvalue weighted by Gasteiger charge is 2.27. The molecular formula is C13H18ClNO2S. The lowest BCUT2D eigenvalue weighted by Gasteiger charge is -2.31. The van der Waals surface area contributed by atoms with Crippen molar-refractivity contribution in [1.29, 1.82) is 0 Å². The molecule has 0 amide bonds. The van der Waals surface area contributed by atoms with E-state index in [9.17, 15) is 8.42 Å². The first kappa shape index (κ1) is 13.8. The molecule has 1 N–H and O–H groups in total. The van der Waals surface area contributed by atoms with Gasteiger partial charge in [-0.15, -0.1) is 11.6 Å². The summed E-state index contributed by atoms with van der Waals surface area (Å²) in [6.07, 6.45) is 3.44. The second-order valence-corrected chi connectivity index (χ2v) is 6.86. The fraction of sp³-hybridized carbons (Fsp3) is 0.538. The molecule has 0 aliphatic heterocycles. The van der Waals surface area contributed by atoms with Crippen molar-refractivity contribution in [1.82, 2.24) is 4.72 Å².